The maximum Gasteiger partial charge on any atom is 0.309 e. The Hall–Kier alpha value is -1.43. The normalized spacial score (nSPS) is 10.4. The van der Waals surface area contributed by atoms with Crippen molar-refractivity contribution in [3.05, 3.63) is 22.0 Å². The Balaban J connectivity index is 2.62. The van der Waals surface area contributed by atoms with Gasteiger partial charge >= 0.3 is 5.69 Å². The van der Waals surface area contributed by atoms with Crippen LogP contribution in [0.3, 0.4) is 0 Å². The molecule has 1 rings (SSSR count). The van der Waals surface area contributed by atoms with E-state index >= 15 is 0 Å². The van der Waals surface area contributed by atoms with Crippen molar-refractivity contribution in [2.24, 2.45) is 0 Å². The molecule has 1 aromatic heterocycles. The van der Waals surface area contributed by atoms with E-state index in [1.165, 1.54) is 6.20 Å². The van der Waals surface area contributed by atoms with Crippen molar-refractivity contribution in [3.8, 4) is 0 Å². The van der Waals surface area contributed by atoms with Crippen molar-refractivity contribution < 1.29 is 9.66 Å². The molecule has 0 bridgehead atoms. The van der Waals surface area contributed by atoms with Crippen LogP contribution in [0.1, 0.15) is 12.1 Å². The largest absolute Gasteiger partial charge is 0.385 e. The van der Waals surface area contributed by atoms with E-state index in [9.17, 15) is 10.1 Å². The number of aromatic nitrogens is 2. The van der Waals surface area contributed by atoms with Gasteiger partial charge in [0.2, 0.25) is 0 Å². The lowest BCUT2D eigenvalue weighted by atomic mass is 10.4. The van der Waals surface area contributed by atoms with Gasteiger partial charge in [-0.1, -0.05) is 0 Å². The molecule has 6 nitrogen and oxygen atoms in total. The van der Waals surface area contributed by atoms with Gasteiger partial charge in [-0.15, -0.1) is 0 Å². The molecular formula is C8H13N3O3. The van der Waals surface area contributed by atoms with Crippen LogP contribution in [-0.4, -0.2) is 28.4 Å². The molecule has 0 amide bonds. The Kier molecular flexibility index (Phi) is 3.58. The lowest BCUT2D eigenvalue weighted by Gasteiger charge is -1.98. The molecule has 0 fully saturated rings. The average Bonchev–Trinajstić information content (AvgIpc) is 2.47. The molecule has 1 heterocycles. The number of nitrogens with zero attached hydrogens (tertiary/aromatic N) is 3. The highest BCUT2D eigenvalue weighted by Crippen LogP contribution is 2.14. The van der Waals surface area contributed by atoms with E-state index in [0.717, 1.165) is 6.42 Å². The number of nitro groups is 1. The first-order chi connectivity index (χ1) is 6.65. The third kappa shape index (κ3) is 2.53. The minimum absolute atomic E-state index is 0.0717. The van der Waals surface area contributed by atoms with E-state index in [4.69, 9.17) is 4.74 Å². The fourth-order valence-corrected chi connectivity index (χ4v) is 1.17. The summed E-state index contributed by atoms with van der Waals surface area (Å²) < 4.78 is 6.45. The van der Waals surface area contributed by atoms with Gasteiger partial charge in [0.25, 0.3) is 0 Å². The fourth-order valence-electron chi connectivity index (χ4n) is 1.17. The summed E-state index contributed by atoms with van der Waals surface area (Å²) >= 11 is 0. The standard InChI is InChI=1S/C8H13N3O3/c1-7-8(11(12)13)6-10(9-7)4-3-5-14-2/h6H,3-5H2,1-2H3. The minimum Gasteiger partial charge on any atom is -0.385 e. The van der Waals surface area contributed by atoms with Gasteiger partial charge in [-0.05, 0) is 13.3 Å². The Morgan fingerprint density at radius 3 is 2.93 bits per heavy atom. The zero-order chi connectivity index (χ0) is 10.6. The quantitative estimate of drug-likeness (QED) is 0.405. The second kappa shape index (κ2) is 4.71. The smallest absolute Gasteiger partial charge is 0.309 e. The molecule has 0 atom stereocenters. The van der Waals surface area contributed by atoms with Gasteiger partial charge in [0.05, 0.1) is 4.92 Å². The predicted octanol–water partition coefficient (Wildman–Crippen LogP) is 1.14. The van der Waals surface area contributed by atoms with Crippen molar-refractivity contribution in [2.45, 2.75) is 19.9 Å². The molecule has 0 aliphatic heterocycles. The van der Waals surface area contributed by atoms with Gasteiger partial charge in [-0.2, -0.15) is 5.10 Å². The van der Waals surface area contributed by atoms with Gasteiger partial charge in [-0.25, -0.2) is 0 Å². The lowest BCUT2D eigenvalue weighted by molar-refractivity contribution is -0.385. The van der Waals surface area contributed by atoms with Crippen LogP contribution in [0, 0.1) is 17.0 Å². The van der Waals surface area contributed by atoms with E-state index in [1.807, 2.05) is 0 Å². The van der Waals surface area contributed by atoms with Gasteiger partial charge in [0, 0.05) is 20.3 Å². The summed E-state index contributed by atoms with van der Waals surface area (Å²) in [4.78, 5) is 10.1. The Labute approximate surface area is 81.6 Å². The summed E-state index contributed by atoms with van der Waals surface area (Å²) in [5.41, 5.74) is 0.523. The van der Waals surface area contributed by atoms with Crippen molar-refractivity contribution in [1.29, 1.82) is 0 Å². The van der Waals surface area contributed by atoms with Gasteiger partial charge in [0.15, 0.2) is 0 Å². The van der Waals surface area contributed by atoms with Gasteiger partial charge in [0.1, 0.15) is 11.9 Å². The molecule has 1 aromatic rings. The van der Waals surface area contributed by atoms with Crippen LogP contribution in [-0.2, 0) is 11.3 Å². The highest BCUT2D eigenvalue weighted by Gasteiger charge is 2.14. The summed E-state index contributed by atoms with van der Waals surface area (Å²) in [7, 11) is 1.62. The first kappa shape index (κ1) is 10.6. The molecular weight excluding hydrogens is 186 g/mol. The average molecular weight is 199 g/mol. The third-order valence-electron chi connectivity index (χ3n) is 1.85. The molecule has 78 valence electrons. The number of methoxy groups -OCH3 is 1. The number of ether oxygens (including phenoxy) is 1. The number of aryl methyl sites for hydroxylation is 2. The Bertz CT molecular complexity index is 322. The lowest BCUT2D eigenvalue weighted by Crippen LogP contribution is -2.01. The summed E-state index contributed by atoms with van der Waals surface area (Å²) in [6.07, 6.45) is 2.25. The molecule has 0 radical (unpaired) electrons. The maximum absolute atomic E-state index is 10.5. The monoisotopic (exact) mass is 199 g/mol. The Morgan fingerprint density at radius 1 is 1.71 bits per heavy atom. The van der Waals surface area contributed by atoms with Crippen LogP contribution >= 0.6 is 0 Å². The zero-order valence-electron chi connectivity index (χ0n) is 8.27. The predicted molar refractivity (Wildman–Crippen MR) is 50.1 cm³/mol. The molecule has 0 unspecified atom stereocenters. The molecule has 0 saturated carbocycles. The van der Waals surface area contributed by atoms with E-state index in [-0.39, 0.29) is 5.69 Å². The SMILES string of the molecule is COCCCn1cc([N+](=O)[O-])c(C)n1. The maximum atomic E-state index is 10.5. The van der Waals surface area contributed by atoms with Crippen LogP contribution in [0.5, 0.6) is 0 Å². The zero-order valence-corrected chi connectivity index (χ0v) is 8.27. The topological polar surface area (TPSA) is 70.2 Å². The number of hydrogen-bond donors (Lipinski definition) is 0. The van der Waals surface area contributed by atoms with Crippen molar-refractivity contribution >= 4 is 5.69 Å². The van der Waals surface area contributed by atoms with Crippen LogP contribution < -0.4 is 0 Å². The van der Waals surface area contributed by atoms with Crippen LogP contribution in [0.25, 0.3) is 0 Å². The highest BCUT2D eigenvalue weighted by molar-refractivity contribution is 5.30. The molecule has 6 heteroatoms. The molecule has 14 heavy (non-hydrogen) atoms. The van der Waals surface area contributed by atoms with E-state index < -0.39 is 4.92 Å². The minimum atomic E-state index is -0.421. The first-order valence-corrected chi connectivity index (χ1v) is 4.32. The van der Waals surface area contributed by atoms with Crippen molar-refractivity contribution in [1.82, 2.24) is 9.78 Å². The van der Waals surface area contributed by atoms with Gasteiger partial charge in [-0.3, -0.25) is 14.8 Å². The summed E-state index contributed by atoms with van der Waals surface area (Å²) in [6.45, 7) is 2.90. The third-order valence-corrected chi connectivity index (χ3v) is 1.85. The van der Waals surface area contributed by atoms with Crippen molar-refractivity contribution in [2.75, 3.05) is 13.7 Å². The first-order valence-electron chi connectivity index (χ1n) is 4.32. The van der Waals surface area contributed by atoms with Crippen LogP contribution in [0.2, 0.25) is 0 Å². The molecule has 0 aliphatic rings. The molecule has 0 saturated heterocycles. The Morgan fingerprint density at radius 2 is 2.43 bits per heavy atom. The van der Waals surface area contributed by atoms with Crippen LogP contribution in [0.4, 0.5) is 5.69 Å². The second-order valence-electron chi connectivity index (χ2n) is 2.97. The summed E-state index contributed by atoms with van der Waals surface area (Å²) in [5.74, 6) is 0. The fraction of sp³-hybridized carbons (Fsp3) is 0.625. The number of hydrogen-bond acceptors (Lipinski definition) is 4. The second-order valence-corrected chi connectivity index (χ2v) is 2.97. The van der Waals surface area contributed by atoms with E-state index in [2.05, 4.69) is 5.10 Å². The summed E-state index contributed by atoms with van der Waals surface area (Å²) in [5, 5.41) is 14.5. The van der Waals surface area contributed by atoms with E-state index in [1.54, 1.807) is 18.7 Å². The molecule has 0 spiro atoms. The molecule has 0 aromatic carbocycles. The highest BCUT2D eigenvalue weighted by atomic mass is 16.6. The molecule has 0 N–H and O–H groups in total. The van der Waals surface area contributed by atoms with Gasteiger partial charge < -0.3 is 4.74 Å². The number of rotatable bonds is 5. The van der Waals surface area contributed by atoms with E-state index in [0.29, 0.717) is 18.8 Å². The summed E-state index contributed by atoms with van der Waals surface area (Å²) in [6, 6.07) is 0. The van der Waals surface area contributed by atoms with Crippen molar-refractivity contribution in [3.63, 3.8) is 0 Å². The van der Waals surface area contributed by atoms with Crippen LogP contribution in [0.15, 0.2) is 6.20 Å². The molecule has 0 aliphatic carbocycles.